The Balaban J connectivity index is 1.70. The molecule has 3 rings (SSSR count). The molecular weight excluding hydrogens is 332 g/mol. The molecule has 1 N–H and O–H groups in total. The summed E-state index contributed by atoms with van der Waals surface area (Å²) in [5.41, 5.74) is 2.30. The van der Waals surface area contributed by atoms with Gasteiger partial charge in [-0.2, -0.15) is 0 Å². The van der Waals surface area contributed by atoms with E-state index in [1.165, 1.54) is 5.56 Å². The number of hydrogen-bond acceptors (Lipinski definition) is 4. The van der Waals surface area contributed by atoms with Crippen molar-refractivity contribution >= 4 is 23.2 Å². The molecule has 0 aliphatic carbocycles. The van der Waals surface area contributed by atoms with Crippen molar-refractivity contribution in [1.29, 1.82) is 0 Å². The van der Waals surface area contributed by atoms with Gasteiger partial charge in [0.15, 0.2) is 0 Å². The van der Waals surface area contributed by atoms with Gasteiger partial charge in [0.2, 0.25) is 0 Å². The SMILES string of the molecule is CCN(Cc1ccccc1)c1cc(NCc2ccccc2Cl)ncn1. The lowest BCUT2D eigenvalue weighted by atomic mass is 10.2. The summed E-state index contributed by atoms with van der Waals surface area (Å²) >= 11 is 6.20. The molecular formula is C20H21ClN4. The van der Waals surface area contributed by atoms with Gasteiger partial charge in [-0.05, 0) is 24.1 Å². The van der Waals surface area contributed by atoms with Gasteiger partial charge in [0.1, 0.15) is 18.0 Å². The van der Waals surface area contributed by atoms with Crippen LogP contribution in [0.25, 0.3) is 0 Å². The smallest absolute Gasteiger partial charge is 0.134 e. The van der Waals surface area contributed by atoms with E-state index >= 15 is 0 Å². The van der Waals surface area contributed by atoms with Crippen LogP contribution in [0.3, 0.4) is 0 Å². The number of benzene rings is 2. The topological polar surface area (TPSA) is 41.0 Å². The van der Waals surface area contributed by atoms with Crippen LogP contribution in [0.1, 0.15) is 18.1 Å². The van der Waals surface area contributed by atoms with Crippen LogP contribution >= 0.6 is 11.6 Å². The van der Waals surface area contributed by atoms with Crippen molar-refractivity contribution in [3.8, 4) is 0 Å². The van der Waals surface area contributed by atoms with Crippen molar-refractivity contribution in [3.63, 3.8) is 0 Å². The second kappa shape index (κ2) is 8.49. The molecule has 1 heterocycles. The summed E-state index contributed by atoms with van der Waals surface area (Å²) in [6, 6.07) is 20.2. The van der Waals surface area contributed by atoms with Crippen molar-refractivity contribution in [2.45, 2.75) is 20.0 Å². The average Bonchev–Trinajstić information content (AvgIpc) is 2.66. The summed E-state index contributed by atoms with van der Waals surface area (Å²) < 4.78 is 0. The van der Waals surface area contributed by atoms with Crippen molar-refractivity contribution < 1.29 is 0 Å². The maximum Gasteiger partial charge on any atom is 0.134 e. The molecule has 0 bridgehead atoms. The van der Waals surface area contributed by atoms with Crippen LogP contribution in [-0.2, 0) is 13.1 Å². The van der Waals surface area contributed by atoms with Crippen molar-refractivity contribution in [2.75, 3.05) is 16.8 Å². The fourth-order valence-corrected chi connectivity index (χ4v) is 2.81. The van der Waals surface area contributed by atoms with E-state index in [1.807, 2.05) is 36.4 Å². The first-order valence-corrected chi connectivity index (χ1v) is 8.72. The highest BCUT2D eigenvalue weighted by Gasteiger charge is 2.08. The Kier molecular flexibility index (Phi) is 5.86. The molecule has 0 aliphatic rings. The van der Waals surface area contributed by atoms with E-state index in [2.05, 4.69) is 51.4 Å². The second-order valence-electron chi connectivity index (χ2n) is 5.71. The molecule has 0 unspecified atom stereocenters. The number of nitrogens with zero attached hydrogens (tertiary/aromatic N) is 3. The van der Waals surface area contributed by atoms with E-state index in [4.69, 9.17) is 11.6 Å². The molecule has 25 heavy (non-hydrogen) atoms. The van der Waals surface area contributed by atoms with Gasteiger partial charge in [0.05, 0.1) is 0 Å². The number of rotatable bonds is 7. The van der Waals surface area contributed by atoms with Crippen molar-refractivity contribution in [1.82, 2.24) is 9.97 Å². The van der Waals surface area contributed by atoms with E-state index in [0.29, 0.717) is 6.54 Å². The highest BCUT2D eigenvalue weighted by molar-refractivity contribution is 6.31. The van der Waals surface area contributed by atoms with E-state index in [9.17, 15) is 0 Å². The summed E-state index contributed by atoms with van der Waals surface area (Å²) in [6.45, 7) is 4.44. The fourth-order valence-electron chi connectivity index (χ4n) is 2.60. The first-order valence-electron chi connectivity index (χ1n) is 8.34. The van der Waals surface area contributed by atoms with Gasteiger partial charge in [-0.3, -0.25) is 0 Å². The van der Waals surface area contributed by atoms with Crippen LogP contribution in [-0.4, -0.2) is 16.5 Å². The zero-order valence-electron chi connectivity index (χ0n) is 14.2. The molecule has 0 spiro atoms. The Morgan fingerprint density at radius 1 is 1.00 bits per heavy atom. The monoisotopic (exact) mass is 352 g/mol. The van der Waals surface area contributed by atoms with Gasteiger partial charge in [0, 0.05) is 30.7 Å². The van der Waals surface area contributed by atoms with Crippen LogP contribution in [0.15, 0.2) is 67.0 Å². The third kappa shape index (κ3) is 4.70. The lowest BCUT2D eigenvalue weighted by Crippen LogP contribution is -2.23. The highest BCUT2D eigenvalue weighted by Crippen LogP contribution is 2.19. The van der Waals surface area contributed by atoms with Crippen LogP contribution in [0.2, 0.25) is 5.02 Å². The summed E-state index contributed by atoms with van der Waals surface area (Å²) in [4.78, 5) is 11.0. The molecule has 0 radical (unpaired) electrons. The fraction of sp³-hybridized carbons (Fsp3) is 0.200. The molecule has 3 aromatic rings. The predicted molar refractivity (Wildman–Crippen MR) is 104 cm³/mol. The molecule has 0 saturated heterocycles. The van der Waals surface area contributed by atoms with Gasteiger partial charge >= 0.3 is 0 Å². The van der Waals surface area contributed by atoms with Crippen molar-refractivity contribution in [3.05, 3.63) is 83.1 Å². The van der Waals surface area contributed by atoms with E-state index in [-0.39, 0.29) is 0 Å². The molecule has 0 saturated carbocycles. The Morgan fingerprint density at radius 3 is 2.52 bits per heavy atom. The van der Waals surface area contributed by atoms with Crippen LogP contribution in [0.4, 0.5) is 11.6 Å². The third-order valence-corrected chi connectivity index (χ3v) is 4.36. The first-order chi connectivity index (χ1) is 12.3. The number of nitrogens with one attached hydrogen (secondary N) is 1. The molecule has 0 atom stereocenters. The minimum Gasteiger partial charge on any atom is -0.366 e. The predicted octanol–water partition coefficient (Wildman–Crippen LogP) is 4.77. The highest BCUT2D eigenvalue weighted by atomic mass is 35.5. The van der Waals surface area contributed by atoms with Crippen LogP contribution in [0, 0.1) is 0 Å². The normalized spacial score (nSPS) is 10.5. The molecule has 5 heteroatoms. The average molecular weight is 353 g/mol. The Morgan fingerprint density at radius 2 is 1.76 bits per heavy atom. The lowest BCUT2D eigenvalue weighted by molar-refractivity contribution is 0.810. The van der Waals surface area contributed by atoms with E-state index in [1.54, 1.807) is 6.33 Å². The van der Waals surface area contributed by atoms with Gasteiger partial charge in [-0.15, -0.1) is 0 Å². The maximum atomic E-state index is 6.20. The van der Waals surface area contributed by atoms with Crippen molar-refractivity contribution in [2.24, 2.45) is 0 Å². The first kappa shape index (κ1) is 17.2. The summed E-state index contributed by atoms with van der Waals surface area (Å²) in [5.74, 6) is 1.69. The Bertz CT molecular complexity index is 808. The minimum atomic E-state index is 0.626. The summed E-state index contributed by atoms with van der Waals surface area (Å²) in [5, 5.41) is 4.08. The molecule has 2 aromatic carbocycles. The standard InChI is InChI=1S/C20H21ClN4/c1-2-25(14-16-8-4-3-5-9-16)20-12-19(23-15-24-20)22-13-17-10-6-7-11-18(17)21/h3-12,15H,2,13-14H2,1H3,(H,22,23,24). The lowest BCUT2D eigenvalue weighted by Gasteiger charge is -2.22. The van der Waals surface area contributed by atoms with Gasteiger partial charge < -0.3 is 10.2 Å². The maximum absolute atomic E-state index is 6.20. The van der Waals surface area contributed by atoms with E-state index < -0.39 is 0 Å². The molecule has 0 amide bonds. The van der Waals surface area contributed by atoms with Gasteiger partial charge in [-0.1, -0.05) is 60.1 Å². The minimum absolute atomic E-state index is 0.626. The largest absolute Gasteiger partial charge is 0.366 e. The zero-order chi connectivity index (χ0) is 17.5. The quantitative estimate of drug-likeness (QED) is 0.665. The zero-order valence-corrected chi connectivity index (χ0v) is 14.9. The summed E-state index contributed by atoms with van der Waals surface area (Å²) in [6.07, 6.45) is 1.60. The molecule has 0 fully saturated rings. The van der Waals surface area contributed by atoms with Gasteiger partial charge in [0.25, 0.3) is 0 Å². The molecule has 128 valence electrons. The van der Waals surface area contributed by atoms with Crippen LogP contribution in [0.5, 0.6) is 0 Å². The summed E-state index contributed by atoms with van der Waals surface area (Å²) in [7, 11) is 0. The molecule has 0 aliphatic heterocycles. The van der Waals surface area contributed by atoms with E-state index in [0.717, 1.165) is 35.3 Å². The second-order valence-corrected chi connectivity index (χ2v) is 6.11. The molecule has 1 aromatic heterocycles. The third-order valence-electron chi connectivity index (χ3n) is 3.99. The number of halogens is 1. The Hall–Kier alpha value is -2.59. The number of aromatic nitrogens is 2. The molecule has 4 nitrogen and oxygen atoms in total. The van der Waals surface area contributed by atoms with Crippen LogP contribution < -0.4 is 10.2 Å². The van der Waals surface area contributed by atoms with Gasteiger partial charge in [-0.25, -0.2) is 9.97 Å². The number of anilines is 2. The Labute approximate surface area is 153 Å². The number of hydrogen-bond donors (Lipinski definition) is 1.